The molecule has 11 heavy (non-hydrogen) atoms. The van der Waals surface area contributed by atoms with Crippen LogP contribution in [-0.4, -0.2) is 5.88 Å². The van der Waals surface area contributed by atoms with E-state index in [1.54, 1.807) is 0 Å². The van der Waals surface area contributed by atoms with Crippen molar-refractivity contribution in [3.8, 4) is 0 Å². The van der Waals surface area contributed by atoms with Gasteiger partial charge in [-0.15, -0.1) is 11.6 Å². The lowest BCUT2D eigenvalue weighted by Crippen LogP contribution is -1.90. The van der Waals surface area contributed by atoms with E-state index in [0.717, 1.165) is 6.42 Å². The van der Waals surface area contributed by atoms with Gasteiger partial charge in [-0.2, -0.15) is 0 Å². The smallest absolute Gasteiger partial charge is 0.0264 e. The molecule has 0 N–H and O–H groups in total. The average molecular weight is 169 g/mol. The van der Waals surface area contributed by atoms with Crippen molar-refractivity contribution in [1.29, 1.82) is 0 Å². The summed E-state index contributed by atoms with van der Waals surface area (Å²) in [6, 6.07) is 6.49. The van der Waals surface area contributed by atoms with Crippen molar-refractivity contribution in [2.45, 2.75) is 20.3 Å². The Bertz CT molecular complexity index is 241. The topological polar surface area (TPSA) is 0 Å². The molecule has 0 aliphatic carbocycles. The van der Waals surface area contributed by atoms with Crippen LogP contribution in [0.5, 0.6) is 0 Å². The standard InChI is InChI=1S/C10H13Cl/c1-8-3-4-9(2)10(7-8)5-6-11/h3-4,7H,5-6H2,1-2H3. The van der Waals surface area contributed by atoms with E-state index in [4.69, 9.17) is 11.6 Å². The minimum atomic E-state index is 0.713. The summed E-state index contributed by atoms with van der Waals surface area (Å²) in [7, 11) is 0. The number of hydrogen-bond acceptors (Lipinski definition) is 0. The molecule has 0 amide bonds. The Kier molecular flexibility index (Phi) is 2.95. The van der Waals surface area contributed by atoms with E-state index in [1.807, 2.05) is 0 Å². The number of hydrogen-bond donors (Lipinski definition) is 0. The Labute approximate surface area is 73.2 Å². The molecule has 0 radical (unpaired) electrons. The molecule has 1 aromatic carbocycles. The molecule has 0 bridgehead atoms. The molecular weight excluding hydrogens is 156 g/mol. The summed E-state index contributed by atoms with van der Waals surface area (Å²) < 4.78 is 0. The molecule has 0 aliphatic rings. The minimum absolute atomic E-state index is 0.713. The molecular formula is C10H13Cl. The molecule has 60 valence electrons. The molecule has 1 heteroatoms. The van der Waals surface area contributed by atoms with Gasteiger partial charge in [0.2, 0.25) is 0 Å². The number of alkyl halides is 1. The maximum absolute atomic E-state index is 5.66. The van der Waals surface area contributed by atoms with Crippen molar-refractivity contribution >= 4 is 11.6 Å². The predicted octanol–water partition coefficient (Wildman–Crippen LogP) is 3.08. The molecule has 0 atom stereocenters. The quantitative estimate of drug-likeness (QED) is 0.596. The molecule has 0 aromatic heterocycles. The normalized spacial score (nSPS) is 10.1. The van der Waals surface area contributed by atoms with E-state index in [1.165, 1.54) is 16.7 Å². The number of halogens is 1. The van der Waals surface area contributed by atoms with Gasteiger partial charge in [0.1, 0.15) is 0 Å². The van der Waals surface area contributed by atoms with E-state index >= 15 is 0 Å². The Morgan fingerprint density at radius 1 is 1.27 bits per heavy atom. The summed E-state index contributed by atoms with van der Waals surface area (Å²) in [5.74, 6) is 0.713. The third-order valence-corrected chi connectivity index (χ3v) is 2.06. The van der Waals surface area contributed by atoms with Gasteiger partial charge in [0.05, 0.1) is 0 Å². The van der Waals surface area contributed by atoms with Gasteiger partial charge in [0.25, 0.3) is 0 Å². The van der Waals surface area contributed by atoms with Crippen LogP contribution in [0.4, 0.5) is 0 Å². The molecule has 1 aromatic rings. The first-order valence-corrected chi connectivity index (χ1v) is 4.39. The van der Waals surface area contributed by atoms with Crippen molar-refractivity contribution in [2.75, 3.05) is 5.88 Å². The van der Waals surface area contributed by atoms with Gasteiger partial charge < -0.3 is 0 Å². The fourth-order valence-corrected chi connectivity index (χ4v) is 1.37. The average Bonchev–Trinajstić information content (AvgIpc) is 1.98. The van der Waals surface area contributed by atoms with Crippen LogP contribution in [0.15, 0.2) is 18.2 Å². The zero-order valence-corrected chi connectivity index (χ0v) is 7.78. The molecule has 0 heterocycles. The summed E-state index contributed by atoms with van der Waals surface area (Å²) in [5, 5.41) is 0. The fourth-order valence-electron chi connectivity index (χ4n) is 1.17. The Balaban J connectivity index is 2.93. The Morgan fingerprint density at radius 2 is 2.00 bits per heavy atom. The highest BCUT2D eigenvalue weighted by Crippen LogP contribution is 2.11. The maximum Gasteiger partial charge on any atom is 0.0264 e. The number of rotatable bonds is 2. The van der Waals surface area contributed by atoms with E-state index in [2.05, 4.69) is 32.0 Å². The van der Waals surface area contributed by atoms with Gasteiger partial charge in [-0.1, -0.05) is 23.8 Å². The van der Waals surface area contributed by atoms with E-state index < -0.39 is 0 Å². The highest BCUT2D eigenvalue weighted by atomic mass is 35.5. The molecule has 0 fully saturated rings. The van der Waals surface area contributed by atoms with Crippen LogP contribution < -0.4 is 0 Å². The van der Waals surface area contributed by atoms with Gasteiger partial charge in [-0.3, -0.25) is 0 Å². The van der Waals surface area contributed by atoms with Gasteiger partial charge in [-0.25, -0.2) is 0 Å². The maximum atomic E-state index is 5.66. The van der Waals surface area contributed by atoms with Crippen molar-refractivity contribution < 1.29 is 0 Å². The fraction of sp³-hybridized carbons (Fsp3) is 0.400. The van der Waals surface area contributed by atoms with Crippen LogP contribution in [0.2, 0.25) is 0 Å². The van der Waals surface area contributed by atoms with Crippen LogP contribution in [-0.2, 0) is 6.42 Å². The Hall–Kier alpha value is -0.490. The first-order chi connectivity index (χ1) is 5.24. The van der Waals surface area contributed by atoms with Crippen molar-refractivity contribution in [1.82, 2.24) is 0 Å². The Morgan fingerprint density at radius 3 is 2.64 bits per heavy atom. The van der Waals surface area contributed by atoms with Crippen LogP contribution in [0.25, 0.3) is 0 Å². The first-order valence-electron chi connectivity index (χ1n) is 3.86. The highest BCUT2D eigenvalue weighted by Gasteiger charge is 1.96. The predicted molar refractivity (Wildman–Crippen MR) is 50.3 cm³/mol. The van der Waals surface area contributed by atoms with E-state index in [0.29, 0.717) is 5.88 Å². The zero-order valence-electron chi connectivity index (χ0n) is 7.02. The van der Waals surface area contributed by atoms with E-state index in [-0.39, 0.29) is 0 Å². The van der Waals surface area contributed by atoms with Gasteiger partial charge in [0, 0.05) is 5.88 Å². The molecule has 0 spiro atoms. The van der Waals surface area contributed by atoms with E-state index in [9.17, 15) is 0 Å². The van der Waals surface area contributed by atoms with Gasteiger partial charge in [0.15, 0.2) is 0 Å². The van der Waals surface area contributed by atoms with Crippen molar-refractivity contribution in [3.63, 3.8) is 0 Å². The van der Waals surface area contributed by atoms with Gasteiger partial charge in [-0.05, 0) is 31.4 Å². The molecule has 0 saturated heterocycles. The first kappa shape index (κ1) is 8.61. The number of benzene rings is 1. The van der Waals surface area contributed by atoms with Crippen molar-refractivity contribution in [3.05, 3.63) is 34.9 Å². The van der Waals surface area contributed by atoms with Crippen LogP contribution >= 0.6 is 11.6 Å². The molecule has 0 aliphatic heterocycles. The second kappa shape index (κ2) is 3.77. The third kappa shape index (κ3) is 2.23. The molecule has 1 rings (SSSR count). The lowest BCUT2D eigenvalue weighted by molar-refractivity contribution is 1.11. The molecule has 0 saturated carbocycles. The second-order valence-corrected chi connectivity index (χ2v) is 3.25. The summed E-state index contributed by atoms with van der Waals surface area (Å²) >= 11 is 5.66. The van der Waals surface area contributed by atoms with Crippen LogP contribution in [0, 0.1) is 13.8 Å². The van der Waals surface area contributed by atoms with Crippen LogP contribution in [0.1, 0.15) is 16.7 Å². The second-order valence-electron chi connectivity index (χ2n) is 2.87. The SMILES string of the molecule is Cc1ccc(C)c(CCCl)c1. The lowest BCUT2D eigenvalue weighted by atomic mass is 10.0. The minimum Gasteiger partial charge on any atom is -0.126 e. The largest absolute Gasteiger partial charge is 0.126 e. The summed E-state index contributed by atoms with van der Waals surface area (Å²) in [4.78, 5) is 0. The summed E-state index contributed by atoms with van der Waals surface area (Å²) in [6.07, 6.45) is 0.981. The van der Waals surface area contributed by atoms with Crippen LogP contribution in [0.3, 0.4) is 0 Å². The lowest BCUT2D eigenvalue weighted by Gasteiger charge is -2.03. The van der Waals surface area contributed by atoms with Crippen molar-refractivity contribution in [2.24, 2.45) is 0 Å². The zero-order chi connectivity index (χ0) is 8.27. The molecule has 0 unspecified atom stereocenters. The monoisotopic (exact) mass is 168 g/mol. The number of aryl methyl sites for hydroxylation is 3. The van der Waals surface area contributed by atoms with Gasteiger partial charge >= 0.3 is 0 Å². The third-order valence-electron chi connectivity index (χ3n) is 1.87. The highest BCUT2D eigenvalue weighted by molar-refractivity contribution is 6.18. The summed E-state index contributed by atoms with van der Waals surface area (Å²) in [6.45, 7) is 4.23. The summed E-state index contributed by atoms with van der Waals surface area (Å²) in [5.41, 5.74) is 4.03. The molecule has 0 nitrogen and oxygen atoms in total.